The van der Waals surface area contributed by atoms with Crippen molar-refractivity contribution in [2.75, 3.05) is 26.4 Å². The number of hydrogen-bond acceptors (Lipinski definition) is 4. The topological polar surface area (TPSA) is 79.8 Å². The normalized spacial score (nSPS) is 13.5. The summed E-state index contributed by atoms with van der Waals surface area (Å²) in [5.74, 6) is 0.605. The first kappa shape index (κ1) is 24.9. The Balaban J connectivity index is 0.00000625. The van der Waals surface area contributed by atoms with Gasteiger partial charge in [0.1, 0.15) is 17.7 Å². The minimum Gasteiger partial charge on any atom is -0.489 e. The first-order valence-electron chi connectivity index (χ1n) is 8.15. The zero-order valence-corrected chi connectivity index (χ0v) is 19.0. The molecule has 1 aromatic rings. The van der Waals surface area contributed by atoms with Crippen LogP contribution in [0.1, 0.15) is 27.2 Å². The minimum absolute atomic E-state index is 0. The van der Waals surface area contributed by atoms with Gasteiger partial charge in [0.15, 0.2) is 15.8 Å². The number of hydrogen-bond donors (Lipinski definition) is 2. The Kier molecular flexibility index (Phi) is 10.4. The summed E-state index contributed by atoms with van der Waals surface area (Å²) in [7, 11) is -1.58. The molecule has 0 bridgehead atoms. The molecule has 0 heterocycles. The third kappa shape index (κ3) is 8.07. The SMILES string of the molecule is CCC(CNC(=NC)NCC(C)(C)S(C)(=O)=O)Oc1cccc(F)c1.I. The van der Waals surface area contributed by atoms with Gasteiger partial charge in [-0.25, -0.2) is 12.8 Å². The highest BCUT2D eigenvalue weighted by atomic mass is 127. The number of rotatable bonds is 8. The van der Waals surface area contributed by atoms with Gasteiger partial charge in [0.25, 0.3) is 0 Å². The van der Waals surface area contributed by atoms with E-state index >= 15 is 0 Å². The van der Waals surface area contributed by atoms with Crippen LogP contribution < -0.4 is 15.4 Å². The maximum absolute atomic E-state index is 13.2. The van der Waals surface area contributed by atoms with Crippen molar-refractivity contribution in [2.45, 2.75) is 38.0 Å². The van der Waals surface area contributed by atoms with E-state index in [2.05, 4.69) is 15.6 Å². The first-order chi connectivity index (χ1) is 11.6. The lowest BCUT2D eigenvalue weighted by molar-refractivity contribution is 0.198. The number of guanidine groups is 1. The summed E-state index contributed by atoms with van der Waals surface area (Å²) < 4.78 is 41.6. The number of halogens is 2. The van der Waals surface area contributed by atoms with Gasteiger partial charge < -0.3 is 15.4 Å². The van der Waals surface area contributed by atoms with Crippen LogP contribution in [0.15, 0.2) is 29.3 Å². The van der Waals surface area contributed by atoms with Crippen LogP contribution in [-0.4, -0.2) is 51.6 Å². The molecule has 1 unspecified atom stereocenters. The molecule has 0 spiro atoms. The quantitative estimate of drug-likeness (QED) is 0.325. The molecule has 0 aliphatic heterocycles. The molecule has 6 nitrogen and oxygen atoms in total. The molecule has 2 N–H and O–H groups in total. The van der Waals surface area contributed by atoms with Crippen molar-refractivity contribution in [1.29, 1.82) is 0 Å². The fourth-order valence-electron chi connectivity index (χ4n) is 1.86. The van der Waals surface area contributed by atoms with Crippen molar-refractivity contribution in [2.24, 2.45) is 4.99 Å². The van der Waals surface area contributed by atoms with Crippen LogP contribution >= 0.6 is 24.0 Å². The Morgan fingerprint density at radius 2 is 2.00 bits per heavy atom. The molecule has 0 saturated carbocycles. The van der Waals surface area contributed by atoms with Gasteiger partial charge in [-0.1, -0.05) is 13.0 Å². The Labute approximate surface area is 172 Å². The van der Waals surface area contributed by atoms with E-state index in [4.69, 9.17) is 4.74 Å². The zero-order chi connectivity index (χ0) is 19.1. The lowest BCUT2D eigenvalue weighted by atomic mass is 10.2. The van der Waals surface area contributed by atoms with E-state index < -0.39 is 14.6 Å². The lowest BCUT2D eigenvalue weighted by Gasteiger charge is -2.25. The van der Waals surface area contributed by atoms with Gasteiger partial charge in [-0.2, -0.15) is 0 Å². The van der Waals surface area contributed by atoms with E-state index in [0.717, 1.165) is 6.42 Å². The molecule has 0 radical (unpaired) electrons. The van der Waals surface area contributed by atoms with Crippen LogP contribution in [0.5, 0.6) is 5.75 Å². The average Bonchev–Trinajstić information content (AvgIpc) is 2.52. The summed E-state index contributed by atoms with van der Waals surface area (Å²) in [5.41, 5.74) is 0. The number of benzene rings is 1. The summed E-state index contributed by atoms with van der Waals surface area (Å²) in [6.45, 7) is 5.96. The third-order valence-electron chi connectivity index (χ3n) is 3.96. The van der Waals surface area contributed by atoms with Gasteiger partial charge in [0.05, 0.1) is 11.3 Å². The molecule has 0 amide bonds. The van der Waals surface area contributed by atoms with E-state index in [1.165, 1.54) is 18.4 Å². The summed E-state index contributed by atoms with van der Waals surface area (Å²) >= 11 is 0. The van der Waals surface area contributed by atoms with E-state index in [0.29, 0.717) is 18.3 Å². The first-order valence-corrected chi connectivity index (χ1v) is 10.0. The Morgan fingerprint density at radius 3 is 2.50 bits per heavy atom. The largest absolute Gasteiger partial charge is 0.489 e. The van der Waals surface area contributed by atoms with E-state index in [1.54, 1.807) is 33.0 Å². The van der Waals surface area contributed by atoms with Crippen molar-refractivity contribution in [3.63, 3.8) is 0 Å². The molecular weight excluding hydrogens is 472 g/mol. The van der Waals surface area contributed by atoms with Crippen LogP contribution in [0.25, 0.3) is 0 Å². The van der Waals surface area contributed by atoms with Crippen molar-refractivity contribution >= 4 is 39.8 Å². The second kappa shape index (κ2) is 10.9. The van der Waals surface area contributed by atoms with Gasteiger partial charge >= 0.3 is 0 Å². The minimum atomic E-state index is -3.19. The van der Waals surface area contributed by atoms with Crippen LogP contribution in [0, 0.1) is 5.82 Å². The van der Waals surface area contributed by atoms with Crippen LogP contribution in [-0.2, 0) is 9.84 Å². The maximum atomic E-state index is 13.2. The number of sulfone groups is 1. The van der Waals surface area contributed by atoms with E-state index in [1.807, 2.05) is 6.92 Å². The molecule has 1 rings (SSSR count). The second-order valence-corrected chi connectivity index (χ2v) is 9.09. The fourth-order valence-corrected chi connectivity index (χ4v) is 2.20. The second-order valence-electron chi connectivity index (χ2n) is 6.44. The highest BCUT2D eigenvalue weighted by molar-refractivity contribution is 14.0. The monoisotopic (exact) mass is 501 g/mol. The lowest BCUT2D eigenvalue weighted by Crippen LogP contribution is -2.49. The maximum Gasteiger partial charge on any atom is 0.191 e. The molecule has 0 aliphatic rings. The van der Waals surface area contributed by atoms with Crippen LogP contribution in [0.2, 0.25) is 0 Å². The summed E-state index contributed by atoms with van der Waals surface area (Å²) in [6.07, 6.45) is 1.75. The van der Waals surface area contributed by atoms with Crippen molar-refractivity contribution in [3.8, 4) is 5.75 Å². The summed E-state index contributed by atoms with van der Waals surface area (Å²) in [6, 6.07) is 6.00. The van der Waals surface area contributed by atoms with E-state index in [-0.39, 0.29) is 42.4 Å². The van der Waals surface area contributed by atoms with E-state index in [9.17, 15) is 12.8 Å². The van der Waals surface area contributed by atoms with Crippen molar-refractivity contribution < 1.29 is 17.5 Å². The number of aliphatic imine (C=N–C) groups is 1. The molecule has 0 aromatic heterocycles. The summed E-state index contributed by atoms with van der Waals surface area (Å²) in [5, 5.41) is 6.12. The molecule has 0 saturated heterocycles. The van der Waals surface area contributed by atoms with Crippen molar-refractivity contribution in [1.82, 2.24) is 10.6 Å². The predicted octanol–water partition coefficient (Wildman–Crippen LogP) is 2.59. The Bertz CT molecular complexity index is 696. The molecular formula is C17H29FIN3O3S. The molecule has 1 aromatic carbocycles. The smallest absolute Gasteiger partial charge is 0.191 e. The van der Waals surface area contributed by atoms with Crippen molar-refractivity contribution in [3.05, 3.63) is 30.1 Å². The molecule has 150 valence electrons. The van der Waals surface area contributed by atoms with Crippen LogP contribution in [0.4, 0.5) is 4.39 Å². The van der Waals surface area contributed by atoms with Gasteiger partial charge in [-0.15, -0.1) is 24.0 Å². The highest BCUT2D eigenvalue weighted by Crippen LogP contribution is 2.15. The fraction of sp³-hybridized carbons (Fsp3) is 0.588. The predicted molar refractivity (Wildman–Crippen MR) is 115 cm³/mol. The Morgan fingerprint density at radius 1 is 1.35 bits per heavy atom. The number of nitrogens with zero attached hydrogens (tertiary/aromatic N) is 1. The highest BCUT2D eigenvalue weighted by Gasteiger charge is 2.30. The van der Waals surface area contributed by atoms with Gasteiger partial charge in [-0.05, 0) is 32.4 Å². The van der Waals surface area contributed by atoms with Gasteiger partial charge in [-0.3, -0.25) is 4.99 Å². The molecule has 9 heteroatoms. The summed E-state index contributed by atoms with van der Waals surface area (Å²) in [4.78, 5) is 4.08. The molecule has 1 atom stereocenters. The Hall–Kier alpha value is -1.10. The number of ether oxygens (including phenoxy) is 1. The molecule has 0 fully saturated rings. The van der Waals surface area contributed by atoms with Crippen LogP contribution in [0.3, 0.4) is 0 Å². The zero-order valence-electron chi connectivity index (χ0n) is 15.9. The molecule has 26 heavy (non-hydrogen) atoms. The third-order valence-corrected chi connectivity index (χ3v) is 6.11. The number of nitrogens with one attached hydrogen (secondary N) is 2. The molecule has 0 aliphatic carbocycles. The van der Waals surface area contributed by atoms with Gasteiger partial charge in [0.2, 0.25) is 0 Å². The van der Waals surface area contributed by atoms with Gasteiger partial charge in [0, 0.05) is 25.9 Å². The average molecular weight is 501 g/mol. The standard InChI is InChI=1S/C17H28FN3O3S.HI/c1-6-14(24-15-9-7-8-13(18)10-15)11-20-16(19-4)21-12-17(2,3)25(5,22)23;/h7-10,14H,6,11-12H2,1-5H3,(H2,19,20,21);1H.